The number of alkyl carbamates (subject to hydrolysis) is 1. The third-order valence-corrected chi connectivity index (χ3v) is 5.09. The Kier molecular flexibility index (Phi) is 6.50. The van der Waals surface area contributed by atoms with Crippen molar-refractivity contribution in [2.45, 2.75) is 51.5 Å². The number of ether oxygens (including phenoxy) is 2. The fraction of sp³-hybridized carbons (Fsp3) is 0.571. The molecule has 2 aliphatic heterocycles. The molecule has 3 amide bonds. The second kappa shape index (κ2) is 8.91. The van der Waals surface area contributed by atoms with Gasteiger partial charge in [-0.3, -0.25) is 4.84 Å². The summed E-state index contributed by atoms with van der Waals surface area (Å²) in [7, 11) is 1.29. The van der Waals surface area contributed by atoms with Gasteiger partial charge < -0.3 is 19.7 Å². The molecule has 30 heavy (non-hydrogen) atoms. The predicted molar refractivity (Wildman–Crippen MR) is 107 cm³/mol. The van der Waals surface area contributed by atoms with Crippen LogP contribution in [0.25, 0.3) is 0 Å². The Balaban J connectivity index is 1.68. The van der Waals surface area contributed by atoms with Crippen LogP contribution in [0.15, 0.2) is 30.3 Å². The van der Waals surface area contributed by atoms with Crippen LogP contribution >= 0.6 is 0 Å². The normalized spacial score (nSPS) is 23.3. The minimum atomic E-state index is -0.793. The molecule has 0 spiro atoms. The van der Waals surface area contributed by atoms with Gasteiger partial charge in [0.25, 0.3) is 0 Å². The Labute approximate surface area is 176 Å². The van der Waals surface area contributed by atoms with Crippen molar-refractivity contribution in [3.05, 3.63) is 35.9 Å². The first-order valence-corrected chi connectivity index (χ1v) is 10.0. The number of hydrogen-bond donors (Lipinski definition) is 1. The van der Waals surface area contributed by atoms with Gasteiger partial charge in [0.1, 0.15) is 18.2 Å². The lowest BCUT2D eigenvalue weighted by molar-refractivity contribution is -0.149. The standard InChI is InChI=1S/C21H29N3O6/c1-21(2,3)30-19(26)22-11-15-10-16-12-23(17(15)18(25)28-4)20(27)24(16)29-13-14-8-6-5-7-9-14/h5-9,15-17H,10-13H2,1-4H3,(H,22,26)/t15-,16+,17-/m0/s1. The number of nitrogens with zero attached hydrogens (tertiary/aromatic N) is 2. The molecule has 9 nitrogen and oxygen atoms in total. The quantitative estimate of drug-likeness (QED) is 0.711. The van der Waals surface area contributed by atoms with E-state index in [0.717, 1.165) is 5.56 Å². The minimum Gasteiger partial charge on any atom is -0.467 e. The number of hydrogen-bond acceptors (Lipinski definition) is 6. The molecule has 0 aliphatic carbocycles. The third-order valence-electron chi connectivity index (χ3n) is 5.09. The summed E-state index contributed by atoms with van der Waals surface area (Å²) in [5.74, 6) is -0.833. The molecule has 0 aromatic heterocycles. The van der Waals surface area contributed by atoms with Gasteiger partial charge in [0.05, 0.1) is 13.2 Å². The van der Waals surface area contributed by atoms with E-state index in [-0.39, 0.29) is 31.1 Å². The average molecular weight is 419 g/mol. The summed E-state index contributed by atoms with van der Waals surface area (Å²) in [5.41, 5.74) is 0.313. The van der Waals surface area contributed by atoms with Crippen LogP contribution in [-0.4, -0.2) is 65.9 Å². The smallest absolute Gasteiger partial charge is 0.407 e. The van der Waals surface area contributed by atoms with Crippen molar-refractivity contribution in [1.29, 1.82) is 0 Å². The maximum absolute atomic E-state index is 12.9. The highest BCUT2D eigenvalue weighted by atomic mass is 16.7. The summed E-state index contributed by atoms with van der Waals surface area (Å²) in [4.78, 5) is 44.7. The van der Waals surface area contributed by atoms with E-state index in [9.17, 15) is 14.4 Å². The van der Waals surface area contributed by atoms with Gasteiger partial charge >= 0.3 is 18.1 Å². The molecule has 9 heteroatoms. The number of benzene rings is 1. The second-order valence-corrected chi connectivity index (χ2v) is 8.52. The van der Waals surface area contributed by atoms with E-state index in [1.807, 2.05) is 30.3 Å². The largest absolute Gasteiger partial charge is 0.467 e. The molecule has 0 unspecified atom stereocenters. The molecule has 2 bridgehead atoms. The summed E-state index contributed by atoms with van der Waals surface area (Å²) in [6.45, 7) is 6.13. The Morgan fingerprint density at radius 1 is 1.20 bits per heavy atom. The van der Waals surface area contributed by atoms with E-state index in [2.05, 4.69) is 5.32 Å². The van der Waals surface area contributed by atoms with E-state index in [4.69, 9.17) is 14.3 Å². The number of piperidine rings is 1. The zero-order valence-corrected chi connectivity index (χ0v) is 17.8. The molecule has 2 fully saturated rings. The number of urea groups is 1. The van der Waals surface area contributed by atoms with Gasteiger partial charge in [-0.2, -0.15) is 5.06 Å². The Bertz CT molecular complexity index is 779. The molecule has 0 radical (unpaired) electrons. The van der Waals surface area contributed by atoms with E-state index in [1.165, 1.54) is 17.1 Å². The lowest BCUT2D eigenvalue weighted by Gasteiger charge is -2.35. The summed E-state index contributed by atoms with van der Waals surface area (Å²) in [5, 5.41) is 4.05. The molecule has 1 N–H and O–H groups in total. The third kappa shape index (κ3) is 5.02. The van der Waals surface area contributed by atoms with Crippen LogP contribution in [-0.2, 0) is 25.7 Å². The number of methoxy groups -OCH3 is 1. The summed E-state index contributed by atoms with van der Waals surface area (Å²) in [6, 6.07) is 8.16. The molecule has 2 aliphatic rings. The Morgan fingerprint density at radius 2 is 1.90 bits per heavy atom. The summed E-state index contributed by atoms with van der Waals surface area (Å²) in [6.07, 6.45) is -0.0744. The lowest BCUT2D eigenvalue weighted by Crippen LogP contribution is -2.54. The van der Waals surface area contributed by atoms with Crippen molar-refractivity contribution in [2.75, 3.05) is 20.2 Å². The van der Waals surface area contributed by atoms with Gasteiger partial charge in [-0.25, -0.2) is 14.4 Å². The molecule has 3 rings (SSSR count). The Hall–Kier alpha value is -2.81. The van der Waals surface area contributed by atoms with E-state index in [1.54, 1.807) is 20.8 Å². The highest BCUT2D eigenvalue weighted by Gasteiger charge is 2.52. The van der Waals surface area contributed by atoms with Crippen LogP contribution in [0.3, 0.4) is 0 Å². The van der Waals surface area contributed by atoms with E-state index in [0.29, 0.717) is 13.0 Å². The van der Waals surface area contributed by atoms with Crippen molar-refractivity contribution >= 4 is 18.1 Å². The van der Waals surface area contributed by atoms with Gasteiger partial charge in [0.15, 0.2) is 0 Å². The van der Waals surface area contributed by atoms with Crippen molar-refractivity contribution in [3.63, 3.8) is 0 Å². The number of esters is 1. The van der Waals surface area contributed by atoms with Crippen LogP contribution in [0.5, 0.6) is 0 Å². The molecule has 1 aromatic rings. The van der Waals surface area contributed by atoms with Gasteiger partial charge in [0, 0.05) is 19.0 Å². The van der Waals surface area contributed by atoms with Crippen molar-refractivity contribution in [3.8, 4) is 0 Å². The van der Waals surface area contributed by atoms with Crippen molar-refractivity contribution < 1.29 is 28.7 Å². The molecule has 1 aromatic carbocycles. The molecule has 3 atom stereocenters. The van der Waals surface area contributed by atoms with Gasteiger partial charge in [-0.1, -0.05) is 30.3 Å². The molecule has 2 heterocycles. The maximum Gasteiger partial charge on any atom is 0.407 e. The fourth-order valence-electron chi connectivity index (χ4n) is 3.84. The van der Waals surface area contributed by atoms with Crippen LogP contribution in [0.2, 0.25) is 0 Å². The zero-order valence-electron chi connectivity index (χ0n) is 17.8. The number of amides is 3. The topological polar surface area (TPSA) is 97.4 Å². The van der Waals surface area contributed by atoms with Crippen LogP contribution < -0.4 is 5.32 Å². The van der Waals surface area contributed by atoms with Gasteiger partial charge in [-0.15, -0.1) is 0 Å². The molecular weight excluding hydrogens is 390 g/mol. The molecule has 2 saturated heterocycles. The van der Waals surface area contributed by atoms with Gasteiger partial charge in [0.2, 0.25) is 0 Å². The first-order chi connectivity index (χ1) is 14.2. The predicted octanol–water partition coefficient (Wildman–Crippen LogP) is 2.31. The first-order valence-electron chi connectivity index (χ1n) is 10.0. The monoisotopic (exact) mass is 419 g/mol. The number of nitrogens with one attached hydrogen (secondary N) is 1. The van der Waals surface area contributed by atoms with Crippen LogP contribution in [0.4, 0.5) is 9.59 Å². The number of fused-ring (bicyclic) bond motifs is 2. The molecule has 0 saturated carbocycles. The fourth-order valence-corrected chi connectivity index (χ4v) is 3.84. The van der Waals surface area contributed by atoms with Crippen LogP contribution in [0.1, 0.15) is 32.8 Å². The zero-order chi connectivity index (χ0) is 21.9. The summed E-state index contributed by atoms with van der Waals surface area (Å²) >= 11 is 0. The van der Waals surface area contributed by atoms with E-state index < -0.39 is 23.7 Å². The number of rotatable bonds is 6. The lowest BCUT2D eigenvalue weighted by atomic mass is 9.88. The van der Waals surface area contributed by atoms with Crippen molar-refractivity contribution in [2.24, 2.45) is 5.92 Å². The Morgan fingerprint density at radius 3 is 2.53 bits per heavy atom. The van der Waals surface area contributed by atoms with Gasteiger partial charge in [-0.05, 0) is 32.8 Å². The number of hydroxylamine groups is 2. The van der Waals surface area contributed by atoms with Crippen molar-refractivity contribution in [1.82, 2.24) is 15.3 Å². The second-order valence-electron chi connectivity index (χ2n) is 8.52. The first kappa shape index (κ1) is 21.9. The van der Waals surface area contributed by atoms with Crippen LogP contribution in [0, 0.1) is 5.92 Å². The number of carbonyl (C=O) groups is 3. The average Bonchev–Trinajstić information content (AvgIpc) is 2.94. The minimum absolute atomic E-state index is 0.182. The highest BCUT2D eigenvalue weighted by Crippen LogP contribution is 2.34. The number of carbonyl (C=O) groups excluding carboxylic acids is 3. The molecule has 164 valence electrons. The summed E-state index contributed by atoms with van der Waals surface area (Å²) < 4.78 is 10.2. The highest BCUT2D eigenvalue weighted by molar-refractivity contribution is 5.86. The van der Waals surface area contributed by atoms with E-state index >= 15 is 0 Å². The maximum atomic E-state index is 12.9. The SMILES string of the molecule is COC(=O)[C@@H]1[C@H](CNC(=O)OC(C)(C)C)C[C@@H]2CN1C(=O)N2OCc1ccccc1. The molecular formula is C21H29N3O6.